The minimum Gasteiger partial charge on any atom is -0.376 e. The Kier molecular flexibility index (Phi) is 5.10. The van der Waals surface area contributed by atoms with E-state index in [1.165, 1.54) is 0 Å². The zero-order valence-electron chi connectivity index (χ0n) is 13.3. The van der Waals surface area contributed by atoms with E-state index in [-0.39, 0.29) is 12.0 Å². The molecule has 3 heterocycles. The molecule has 0 radical (unpaired) electrons. The second kappa shape index (κ2) is 7.24. The van der Waals surface area contributed by atoms with Gasteiger partial charge >= 0.3 is 0 Å². The third-order valence-corrected chi connectivity index (χ3v) is 4.59. The van der Waals surface area contributed by atoms with Crippen LogP contribution in [0.5, 0.6) is 0 Å². The lowest BCUT2D eigenvalue weighted by Gasteiger charge is -2.24. The molecule has 1 amide bonds. The van der Waals surface area contributed by atoms with Gasteiger partial charge in [0.25, 0.3) is 5.91 Å². The summed E-state index contributed by atoms with van der Waals surface area (Å²) in [5, 5.41) is 7.90. The molecule has 0 saturated carbocycles. The summed E-state index contributed by atoms with van der Waals surface area (Å²) < 4.78 is 7.59. The molecule has 0 aliphatic carbocycles. The molecule has 6 nitrogen and oxygen atoms in total. The van der Waals surface area contributed by atoms with Crippen LogP contribution < -0.4 is 5.32 Å². The SMILES string of the molecule is CCN(CC1CCCO1)C(=O)c1ccn(C2CCCNC2)n1. The maximum Gasteiger partial charge on any atom is 0.274 e. The Morgan fingerprint density at radius 1 is 1.50 bits per heavy atom. The summed E-state index contributed by atoms with van der Waals surface area (Å²) in [6, 6.07) is 2.21. The van der Waals surface area contributed by atoms with Gasteiger partial charge in [-0.05, 0) is 45.2 Å². The van der Waals surface area contributed by atoms with Crippen LogP contribution in [-0.4, -0.2) is 59.5 Å². The third kappa shape index (κ3) is 3.50. The topological polar surface area (TPSA) is 59.4 Å². The summed E-state index contributed by atoms with van der Waals surface area (Å²) in [5.41, 5.74) is 0.547. The van der Waals surface area contributed by atoms with Crippen LogP contribution in [0.15, 0.2) is 12.3 Å². The quantitative estimate of drug-likeness (QED) is 0.894. The van der Waals surface area contributed by atoms with Gasteiger partial charge in [-0.25, -0.2) is 0 Å². The van der Waals surface area contributed by atoms with Crippen molar-refractivity contribution in [3.8, 4) is 0 Å². The monoisotopic (exact) mass is 306 g/mol. The Morgan fingerprint density at radius 3 is 3.09 bits per heavy atom. The summed E-state index contributed by atoms with van der Waals surface area (Å²) in [6.07, 6.45) is 6.55. The number of aromatic nitrogens is 2. The first kappa shape index (κ1) is 15.5. The summed E-state index contributed by atoms with van der Waals surface area (Å²) in [6.45, 7) is 6.20. The Morgan fingerprint density at radius 2 is 2.41 bits per heavy atom. The average molecular weight is 306 g/mol. The lowest BCUT2D eigenvalue weighted by molar-refractivity contribution is 0.0534. The second-order valence-electron chi connectivity index (χ2n) is 6.16. The van der Waals surface area contributed by atoms with Crippen LogP contribution in [0.4, 0.5) is 0 Å². The van der Waals surface area contributed by atoms with Crippen LogP contribution in [0, 0.1) is 0 Å². The van der Waals surface area contributed by atoms with Crippen molar-refractivity contribution in [1.29, 1.82) is 0 Å². The van der Waals surface area contributed by atoms with E-state index in [1.54, 1.807) is 0 Å². The number of ether oxygens (including phenoxy) is 1. The number of carbonyl (C=O) groups excluding carboxylic acids is 1. The lowest BCUT2D eigenvalue weighted by Crippen LogP contribution is -2.37. The molecule has 22 heavy (non-hydrogen) atoms. The lowest BCUT2D eigenvalue weighted by atomic mass is 10.1. The Hall–Kier alpha value is -1.40. The van der Waals surface area contributed by atoms with E-state index in [0.717, 1.165) is 45.4 Å². The van der Waals surface area contributed by atoms with Gasteiger partial charge in [-0.1, -0.05) is 0 Å². The van der Waals surface area contributed by atoms with Gasteiger partial charge in [0.05, 0.1) is 12.1 Å². The van der Waals surface area contributed by atoms with Crippen molar-refractivity contribution >= 4 is 5.91 Å². The largest absolute Gasteiger partial charge is 0.376 e. The molecule has 2 fully saturated rings. The van der Waals surface area contributed by atoms with E-state index in [4.69, 9.17) is 4.74 Å². The zero-order valence-corrected chi connectivity index (χ0v) is 13.3. The van der Waals surface area contributed by atoms with Crippen LogP contribution in [0.1, 0.15) is 49.1 Å². The smallest absolute Gasteiger partial charge is 0.274 e. The van der Waals surface area contributed by atoms with Crippen LogP contribution in [0.25, 0.3) is 0 Å². The minimum absolute atomic E-state index is 0.0144. The average Bonchev–Trinajstić information content (AvgIpc) is 3.24. The number of rotatable bonds is 5. The van der Waals surface area contributed by atoms with Crippen LogP contribution in [0.3, 0.4) is 0 Å². The maximum atomic E-state index is 12.6. The zero-order chi connectivity index (χ0) is 15.4. The maximum absolute atomic E-state index is 12.6. The van der Waals surface area contributed by atoms with E-state index in [9.17, 15) is 4.79 Å². The summed E-state index contributed by atoms with van der Waals surface area (Å²) in [4.78, 5) is 14.5. The standard InChI is InChI=1S/C16H26N4O2/c1-2-19(12-14-6-4-10-22-14)16(21)15-7-9-20(18-15)13-5-3-8-17-11-13/h7,9,13-14,17H,2-6,8,10-12H2,1H3. The molecule has 3 rings (SSSR count). The molecule has 6 heteroatoms. The van der Waals surface area contributed by atoms with Crippen molar-refractivity contribution in [1.82, 2.24) is 20.0 Å². The Balaban J connectivity index is 1.63. The van der Waals surface area contributed by atoms with Crippen molar-refractivity contribution in [3.05, 3.63) is 18.0 Å². The van der Waals surface area contributed by atoms with E-state index in [2.05, 4.69) is 10.4 Å². The van der Waals surface area contributed by atoms with Crippen LogP contribution in [0.2, 0.25) is 0 Å². The van der Waals surface area contributed by atoms with Gasteiger partial charge < -0.3 is 15.0 Å². The van der Waals surface area contributed by atoms with Crippen molar-refractivity contribution in [2.24, 2.45) is 0 Å². The number of likely N-dealkylation sites (N-methyl/N-ethyl adjacent to an activating group) is 1. The fourth-order valence-electron chi connectivity index (χ4n) is 3.27. The highest BCUT2D eigenvalue weighted by Gasteiger charge is 2.24. The van der Waals surface area contributed by atoms with E-state index >= 15 is 0 Å². The molecule has 0 spiro atoms. The summed E-state index contributed by atoms with van der Waals surface area (Å²) >= 11 is 0. The van der Waals surface area contributed by atoms with Gasteiger partial charge in [-0.15, -0.1) is 0 Å². The molecule has 1 aromatic heterocycles. The Labute approximate surface area is 131 Å². The second-order valence-corrected chi connectivity index (χ2v) is 6.16. The fourth-order valence-corrected chi connectivity index (χ4v) is 3.27. The summed E-state index contributed by atoms with van der Waals surface area (Å²) in [7, 11) is 0. The highest BCUT2D eigenvalue weighted by Crippen LogP contribution is 2.17. The molecule has 122 valence electrons. The third-order valence-electron chi connectivity index (χ3n) is 4.59. The fraction of sp³-hybridized carbons (Fsp3) is 0.750. The number of amides is 1. The van der Waals surface area contributed by atoms with E-state index < -0.39 is 0 Å². The highest BCUT2D eigenvalue weighted by molar-refractivity contribution is 5.92. The van der Waals surface area contributed by atoms with Gasteiger partial charge in [-0.2, -0.15) is 5.10 Å². The molecular weight excluding hydrogens is 280 g/mol. The molecule has 2 unspecified atom stereocenters. The minimum atomic E-state index is 0.0144. The van der Waals surface area contributed by atoms with Crippen molar-refractivity contribution in [3.63, 3.8) is 0 Å². The molecular formula is C16H26N4O2. The van der Waals surface area contributed by atoms with E-state index in [1.807, 2.05) is 28.8 Å². The molecule has 2 atom stereocenters. The number of carbonyl (C=O) groups is 1. The first-order valence-corrected chi connectivity index (χ1v) is 8.44. The number of nitrogens with zero attached hydrogens (tertiary/aromatic N) is 3. The normalized spacial score (nSPS) is 25.3. The van der Waals surface area contributed by atoms with E-state index in [0.29, 0.717) is 24.8 Å². The molecule has 2 aliphatic heterocycles. The molecule has 1 aromatic rings. The highest BCUT2D eigenvalue weighted by atomic mass is 16.5. The molecule has 2 saturated heterocycles. The van der Waals surface area contributed by atoms with Gasteiger partial charge in [-0.3, -0.25) is 9.48 Å². The predicted molar refractivity (Wildman–Crippen MR) is 83.9 cm³/mol. The first-order chi connectivity index (χ1) is 10.8. The molecule has 0 bridgehead atoms. The molecule has 1 N–H and O–H groups in total. The number of hydrogen-bond acceptors (Lipinski definition) is 4. The van der Waals surface area contributed by atoms with Crippen LogP contribution in [-0.2, 0) is 4.74 Å². The Bertz CT molecular complexity index is 490. The number of nitrogens with one attached hydrogen (secondary N) is 1. The summed E-state index contributed by atoms with van der Waals surface area (Å²) in [5.74, 6) is 0.0144. The number of hydrogen-bond donors (Lipinski definition) is 1. The van der Waals surface area contributed by atoms with Gasteiger partial charge in [0.15, 0.2) is 0 Å². The van der Waals surface area contributed by atoms with Crippen molar-refractivity contribution in [2.45, 2.75) is 44.8 Å². The van der Waals surface area contributed by atoms with Gasteiger partial charge in [0, 0.05) is 32.4 Å². The predicted octanol–water partition coefficient (Wildman–Crippen LogP) is 1.45. The molecule has 2 aliphatic rings. The first-order valence-electron chi connectivity index (χ1n) is 8.44. The number of piperidine rings is 1. The van der Waals surface area contributed by atoms with Crippen molar-refractivity contribution in [2.75, 3.05) is 32.8 Å². The van der Waals surface area contributed by atoms with Gasteiger partial charge in [0.2, 0.25) is 0 Å². The molecule has 0 aromatic carbocycles. The van der Waals surface area contributed by atoms with Gasteiger partial charge in [0.1, 0.15) is 5.69 Å². The van der Waals surface area contributed by atoms with Crippen LogP contribution >= 0.6 is 0 Å². The van der Waals surface area contributed by atoms with Crippen molar-refractivity contribution < 1.29 is 9.53 Å².